The second-order valence-corrected chi connectivity index (χ2v) is 22.6. The second-order valence-electron chi connectivity index (χ2n) is 17.7. The summed E-state index contributed by atoms with van der Waals surface area (Å²) in [5.41, 5.74) is 15.5. The number of piperazine rings is 2. The van der Waals surface area contributed by atoms with E-state index < -0.39 is 45.3 Å². The number of rotatable bonds is 19. The van der Waals surface area contributed by atoms with Gasteiger partial charge < -0.3 is 66.6 Å². The number of amides is 2. The van der Waals surface area contributed by atoms with Crippen molar-refractivity contribution in [2.45, 2.75) is 59.5 Å². The molecular weight excluding hydrogens is 1080 g/mol. The third-order valence-electron chi connectivity index (χ3n) is 13.8. The first-order valence-electron chi connectivity index (χ1n) is 23.2. The number of carbonyl (C=O) groups is 6. The number of aromatic nitrogens is 2. The fraction of sp³-hybridized carbons (Fsp3) is 0.467. The lowest BCUT2D eigenvalue weighted by Gasteiger charge is -2.39. The highest BCUT2D eigenvalue weighted by molar-refractivity contribution is 8.77. The van der Waals surface area contributed by atoms with Crippen LogP contribution in [0.25, 0.3) is 0 Å². The Kier molecular flexibility index (Phi) is 16.7. The Balaban J connectivity index is 0.000000168. The van der Waals surface area contributed by atoms with E-state index in [-0.39, 0.29) is 100 Å². The van der Waals surface area contributed by atoms with Gasteiger partial charge in [-0.3, -0.25) is 39.4 Å². The van der Waals surface area contributed by atoms with Crippen LogP contribution in [0.5, 0.6) is 0 Å². The summed E-state index contributed by atoms with van der Waals surface area (Å²) in [5, 5.41) is 32.1. The zero-order valence-corrected chi connectivity index (χ0v) is 44.5. The van der Waals surface area contributed by atoms with Crippen LogP contribution in [-0.4, -0.2) is 173 Å². The second kappa shape index (κ2) is 22.7. The molecular formula is C45H52N12O15S4. The van der Waals surface area contributed by atoms with Gasteiger partial charge in [-0.05, 0) is 47.6 Å². The standard InChI is InChI=1S/C22H24N6O7S2.C16H19N3O6.C7H9N3O2S2/c1-10-16(24-5-6-36-37-14-4-3-11(7-25-14)28(32)33)19(30)15-12(9-35-21(23)31)22(34-2)20-13(26-20)8-27(22)17(15)18(10)29;1-6-11(20)10-9(12(21)13(6)23-2)7(5-25-15(17)22)16(24-3)14-8(18-14)4-19(10)16;8-3-4-13-14-7-2-1-6(5-9-7)10(11)12/h3-4,7,12-13,20,24,26H,5-6,8-9H2,1-2H3,(H2,23,31);7-8,14,18H,4-5H2,1-3H3,(H2,17,22);1-2,5H,3-4,8H2/t12-,13+,20+,22-;7-,8+,14+,16-;/m11./s1. The molecule has 76 heavy (non-hydrogen) atoms. The number of nitrogens with zero attached hydrogens (tertiary/aromatic N) is 6. The van der Waals surface area contributed by atoms with E-state index in [2.05, 4.69) is 25.9 Å². The van der Waals surface area contributed by atoms with Gasteiger partial charge in [0.2, 0.25) is 23.1 Å². The summed E-state index contributed by atoms with van der Waals surface area (Å²) in [7, 11) is 10.2. The van der Waals surface area contributed by atoms with Gasteiger partial charge in [-0.15, -0.1) is 0 Å². The summed E-state index contributed by atoms with van der Waals surface area (Å²) >= 11 is 0. The molecule has 0 unspecified atom stereocenters. The molecule has 31 heteroatoms. The number of hydrogen-bond donors (Lipinski definition) is 6. The normalized spacial score (nSPS) is 27.1. The van der Waals surface area contributed by atoms with Gasteiger partial charge in [-0.1, -0.05) is 21.6 Å². The molecule has 10 rings (SSSR count). The molecule has 0 radical (unpaired) electrons. The predicted molar refractivity (Wildman–Crippen MR) is 274 cm³/mol. The summed E-state index contributed by atoms with van der Waals surface area (Å²) in [6.07, 6.45) is 0.538. The van der Waals surface area contributed by atoms with E-state index in [4.69, 9.17) is 40.9 Å². The van der Waals surface area contributed by atoms with E-state index in [9.17, 15) is 49.0 Å². The number of ketones is 4. The van der Waals surface area contributed by atoms with Gasteiger partial charge in [-0.25, -0.2) is 19.6 Å². The molecule has 4 fully saturated rings. The van der Waals surface area contributed by atoms with Gasteiger partial charge in [0, 0.05) is 98.4 Å². The van der Waals surface area contributed by atoms with Gasteiger partial charge in [0.15, 0.2) is 17.2 Å². The number of pyridine rings is 2. The largest absolute Gasteiger partial charge is 0.492 e. The molecule has 0 saturated carbocycles. The molecule has 406 valence electrons. The maximum Gasteiger partial charge on any atom is 0.404 e. The van der Waals surface area contributed by atoms with Crippen molar-refractivity contribution in [3.05, 3.63) is 102 Å². The molecule has 9 N–H and O–H groups in total. The van der Waals surface area contributed by atoms with E-state index >= 15 is 0 Å². The van der Waals surface area contributed by atoms with Crippen molar-refractivity contribution in [1.29, 1.82) is 0 Å². The van der Waals surface area contributed by atoms with Crippen molar-refractivity contribution in [3.63, 3.8) is 0 Å². The molecule has 8 aliphatic rings. The van der Waals surface area contributed by atoms with Gasteiger partial charge >= 0.3 is 12.2 Å². The number of nitro groups is 2. The average molecular weight is 1130 g/mol. The van der Waals surface area contributed by atoms with Crippen molar-refractivity contribution in [2.24, 2.45) is 29.0 Å². The van der Waals surface area contributed by atoms with E-state index in [1.165, 1.54) is 78.2 Å². The van der Waals surface area contributed by atoms with Crippen LogP contribution in [0.3, 0.4) is 0 Å². The first kappa shape index (κ1) is 55.9. The topological polar surface area (TPSA) is 401 Å². The molecule has 2 aromatic rings. The van der Waals surface area contributed by atoms with Crippen LogP contribution in [0.15, 0.2) is 91.9 Å². The van der Waals surface area contributed by atoms with Crippen molar-refractivity contribution in [1.82, 2.24) is 35.7 Å². The molecule has 0 spiro atoms. The Hall–Kier alpha value is -6.32. The minimum absolute atomic E-state index is 0.0122. The number of primary amides is 2. The van der Waals surface area contributed by atoms with Crippen LogP contribution in [0.4, 0.5) is 21.0 Å². The molecule has 8 heterocycles. The molecule has 0 aromatic carbocycles. The Morgan fingerprint density at radius 1 is 0.737 bits per heavy atom. The number of carbonyl (C=O) groups excluding carboxylic acids is 6. The van der Waals surface area contributed by atoms with Crippen LogP contribution in [0, 0.1) is 32.1 Å². The number of nitrogens with two attached hydrogens (primary N) is 3. The molecule has 8 atom stereocenters. The lowest BCUT2D eigenvalue weighted by Crippen LogP contribution is -2.55. The molecule has 0 bridgehead atoms. The van der Waals surface area contributed by atoms with Gasteiger partial charge in [0.05, 0.1) is 58.0 Å². The van der Waals surface area contributed by atoms with E-state index in [0.29, 0.717) is 53.9 Å². The lowest BCUT2D eigenvalue weighted by atomic mass is 9.82. The average Bonchev–Trinajstić information content (AvgIpc) is 4.44. The van der Waals surface area contributed by atoms with Crippen molar-refractivity contribution in [3.8, 4) is 0 Å². The van der Waals surface area contributed by atoms with Gasteiger partial charge in [-0.2, -0.15) is 0 Å². The number of Topliss-reactive ketones (excluding diaryl/α,β-unsaturated/α-hetero) is 4. The lowest BCUT2D eigenvalue weighted by molar-refractivity contribution is -0.385. The number of methoxy groups -OCH3 is 3. The molecule has 2 aliphatic carbocycles. The number of fused-ring (bicyclic) bond motifs is 8. The maximum atomic E-state index is 13.7. The van der Waals surface area contributed by atoms with Crippen molar-refractivity contribution >= 4 is 89.9 Å². The summed E-state index contributed by atoms with van der Waals surface area (Å²) in [6.45, 7) is 4.88. The summed E-state index contributed by atoms with van der Waals surface area (Å²) in [6, 6.07) is 6.15. The minimum atomic E-state index is -1.02. The van der Waals surface area contributed by atoms with E-state index in [1.807, 2.05) is 9.80 Å². The zero-order valence-electron chi connectivity index (χ0n) is 41.3. The molecule has 6 aliphatic heterocycles. The first-order chi connectivity index (χ1) is 36.3. The number of nitrogens with one attached hydrogen (secondary N) is 3. The highest BCUT2D eigenvalue weighted by atomic mass is 33.1. The summed E-state index contributed by atoms with van der Waals surface area (Å²) in [5.74, 6) is -1.16. The summed E-state index contributed by atoms with van der Waals surface area (Å²) < 4.78 is 27.1. The van der Waals surface area contributed by atoms with Crippen LogP contribution in [0.2, 0.25) is 0 Å². The smallest absolute Gasteiger partial charge is 0.404 e. The van der Waals surface area contributed by atoms with Gasteiger partial charge in [0.25, 0.3) is 11.4 Å². The van der Waals surface area contributed by atoms with E-state index in [0.717, 1.165) is 10.8 Å². The van der Waals surface area contributed by atoms with Gasteiger partial charge in [0.1, 0.15) is 35.7 Å². The maximum absolute atomic E-state index is 13.7. The Morgan fingerprint density at radius 3 is 1.61 bits per heavy atom. The summed E-state index contributed by atoms with van der Waals surface area (Å²) in [4.78, 5) is 107. The van der Waals surface area contributed by atoms with Crippen LogP contribution >= 0.6 is 43.2 Å². The van der Waals surface area contributed by atoms with Crippen LogP contribution in [-0.2, 0) is 42.9 Å². The van der Waals surface area contributed by atoms with Crippen molar-refractivity contribution < 1.29 is 62.3 Å². The third-order valence-corrected chi connectivity index (χ3v) is 18.4. The number of hydrogen-bond acceptors (Lipinski definition) is 27. The highest BCUT2D eigenvalue weighted by Crippen LogP contribution is 2.57. The van der Waals surface area contributed by atoms with Crippen molar-refractivity contribution in [2.75, 3.05) is 72.2 Å². The first-order valence-corrected chi connectivity index (χ1v) is 27.8. The molecule has 4 saturated heterocycles. The minimum Gasteiger partial charge on any atom is -0.492 e. The number of ether oxygens (including phenoxy) is 5. The third kappa shape index (κ3) is 10.1. The Morgan fingerprint density at radius 2 is 1.20 bits per heavy atom. The predicted octanol–water partition coefficient (Wildman–Crippen LogP) is 1.45. The van der Waals surface area contributed by atoms with Crippen LogP contribution < -0.4 is 33.2 Å². The van der Waals surface area contributed by atoms with E-state index in [1.54, 1.807) is 36.8 Å². The fourth-order valence-corrected chi connectivity index (χ4v) is 14.0. The Labute approximate surface area is 448 Å². The fourth-order valence-electron chi connectivity index (χ4n) is 10.5. The number of allylic oxidation sites excluding steroid dienone is 4. The molecule has 2 aromatic heterocycles. The quantitative estimate of drug-likeness (QED) is 0.0289. The molecule has 2 amide bonds. The Bertz CT molecular complexity index is 2890. The zero-order chi connectivity index (χ0) is 55.0. The highest BCUT2D eigenvalue weighted by Gasteiger charge is 2.74. The molecule has 27 nitrogen and oxygen atoms in total. The van der Waals surface area contributed by atoms with Crippen LogP contribution in [0.1, 0.15) is 13.8 Å². The monoisotopic (exact) mass is 1130 g/mol. The SMILES string of the molecule is COC1=C(C)C(=O)C2=C(C1=O)[C@@H](COC(N)=O)[C@@]1(OC)[C@H]3N[C@H]3CN21.CO[C@@]12[C@H](COC(N)=O)C3=C(C(=O)C(C)=C(NCCSSc4ccc([N+](=O)[O-])cn4)C3=O)N1C[C@@H]1N[C@@H]12.NCCSSc1ccc([N+](=O)[O-])cn1.